The van der Waals surface area contributed by atoms with E-state index in [0.717, 1.165) is 24.2 Å². The summed E-state index contributed by atoms with van der Waals surface area (Å²) in [5.41, 5.74) is 2.44. The van der Waals surface area contributed by atoms with Gasteiger partial charge in [0.05, 0.1) is 11.6 Å². The third-order valence-electron chi connectivity index (χ3n) is 5.21. The van der Waals surface area contributed by atoms with Gasteiger partial charge in [-0.3, -0.25) is 19.7 Å². The van der Waals surface area contributed by atoms with Gasteiger partial charge in [-0.1, -0.05) is 12.5 Å². The first kappa shape index (κ1) is 19.1. The van der Waals surface area contributed by atoms with Gasteiger partial charge in [-0.15, -0.1) is 0 Å². The number of hydrogen-bond donors (Lipinski definition) is 1. The molecule has 0 aromatic carbocycles. The Morgan fingerprint density at radius 3 is 2.41 bits per heavy atom. The molecule has 4 heterocycles. The lowest BCUT2D eigenvalue weighted by Crippen LogP contribution is -2.40. The van der Waals surface area contributed by atoms with Crippen molar-refractivity contribution in [3.05, 3.63) is 72.6 Å². The molecule has 3 aromatic rings. The van der Waals surface area contributed by atoms with Gasteiger partial charge >= 0.3 is 0 Å². The van der Waals surface area contributed by atoms with Gasteiger partial charge in [-0.05, 0) is 49.7 Å². The SMILES string of the molecule is O=C(NCC(c1cccnc1)N1CCCCC1)c1cnc(-c2ccncc2)nc1. The van der Waals surface area contributed by atoms with Crippen molar-refractivity contribution >= 4 is 5.91 Å². The number of aromatic nitrogens is 4. The fourth-order valence-electron chi connectivity index (χ4n) is 3.65. The highest BCUT2D eigenvalue weighted by molar-refractivity contribution is 5.93. The van der Waals surface area contributed by atoms with E-state index in [1.807, 2.05) is 24.4 Å². The van der Waals surface area contributed by atoms with Crippen LogP contribution in [0.2, 0.25) is 0 Å². The predicted octanol–water partition coefficient (Wildman–Crippen LogP) is 2.89. The number of piperidine rings is 1. The van der Waals surface area contributed by atoms with E-state index in [4.69, 9.17) is 0 Å². The molecule has 4 rings (SSSR count). The van der Waals surface area contributed by atoms with Crippen LogP contribution in [0.5, 0.6) is 0 Å². The van der Waals surface area contributed by atoms with Gasteiger partial charge in [0.25, 0.3) is 5.91 Å². The van der Waals surface area contributed by atoms with Crippen LogP contribution in [-0.4, -0.2) is 50.4 Å². The Morgan fingerprint density at radius 2 is 1.72 bits per heavy atom. The van der Waals surface area contributed by atoms with Crippen LogP contribution in [0.3, 0.4) is 0 Å². The Balaban J connectivity index is 1.43. The molecular formula is C22H24N6O. The molecule has 3 aromatic heterocycles. The molecule has 1 aliphatic rings. The van der Waals surface area contributed by atoms with E-state index in [0.29, 0.717) is 17.9 Å². The van der Waals surface area contributed by atoms with Crippen molar-refractivity contribution in [3.8, 4) is 11.4 Å². The summed E-state index contributed by atoms with van der Waals surface area (Å²) >= 11 is 0. The molecule has 1 atom stereocenters. The normalized spacial score (nSPS) is 15.6. The molecule has 1 N–H and O–H groups in total. The molecule has 1 saturated heterocycles. The molecule has 0 aliphatic carbocycles. The van der Waals surface area contributed by atoms with Gasteiger partial charge in [0.2, 0.25) is 0 Å². The predicted molar refractivity (Wildman–Crippen MR) is 110 cm³/mol. The minimum absolute atomic E-state index is 0.116. The Morgan fingerprint density at radius 1 is 0.966 bits per heavy atom. The van der Waals surface area contributed by atoms with Crippen LogP contribution in [0, 0.1) is 0 Å². The van der Waals surface area contributed by atoms with E-state index in [9.17, 15) is 4.79 Å². The molecule has 1 unspecified atom stereocenters. The highest BCUT2D eigenvalue weighted by Gasteiger charge is 2.23. The zero-order chi connectivity index (χ0) is 19.9. The number of carbonyl (C=O) groups is 1. The first-order valence-corrected chi connectivity index (χ1v) is 9.96. The summed E-state index contributed by atoms with van der Waals surface area (Å²) in [5.74, 6) is 0.405. The Hall–Kier alpha value is -3.19. The van der Waals surface area contributed by atoms with Crippen LogP contribution >= 0.6 is 0 Å². The number of nitrogens with one attached hydrogen (secondary N) is 1. The second kappa shape index (κ2) is 9.34. The molecule has 0 saturated carbocycles. The highest BCUT2D eigenvalue weighted by atomic mass is 16.1. The van der Waals surface area contributed by atoms with E-state index in [1.54, 1.807) is 31.0 Å². The third-order valence-corrected chi connectivity index (χ3v) is 5.21. The summed E-state index contributed by atoms with van der Waals surface area (Å²) in [6.45, 7) is 2.61. The zero-order valence-electron chi connectivity index (χ0n) is 16.2. The summed E-state index contributed by atoms with van der Waals surface area (Å²) in [4.78, 5) is 32.0. The smallest absolute Gasteiger partial charge is 0.254 e. The van der Waals surface area contributed by atoms with Crippen molar-refractivity contribution in [1.29, 1.82) is 0 Å². The van der Waals surface area contributed by atoms with E-state index < -0.39 is 0 Å². The van der Waals surface area contributed by atoms with Gasteiger partial charge in [-0.2, -0.15) is 0 Å². The number of carbonyl (C=O) groups excluding carboxylic acids is 1. The van der Waals surface area contributed by atoms with E-state index in [-0.39, 0.29) is 11.9 Å². The van der Waals surface area contributed by atoms with Gasteiger partial charge < -0.3 is 5.32 Å². The summed E-state index contributed by atoms with van der Waals surface area (Å²) in [6, 6.07) is 7.81. The first-order chi connectivity index (χ1) is 14.3. The van der Waals surface area contributed by atoms with Gasteiger partial charge in [-0.25, -0.2) is 9.97 Å². The molecular weight excluding hydrogens is 364 g/mol. The van der Waals surface area contributed by atoms with Crippen molar-refractivity contribution in [1.82, 2.24) is 30.2 Å². The Labute approximate surface area is 170 Å². The van der Waals surface area contributed by atoms with Crippen LogP contribution in [0.15, 0.2) is 61.4 Å². The van der Waals surface area contributed by atoms with E-state index in [1.165, 1.54) is 19.3 Å². The minimum atomic E-state index is -0.169. The van der Waals surface area contributed by atoms with Crippen LogP contribution in [0.4, 0.5) is 0 Å². The lowest BCUT2D eigenvalue weighted by Gasteiger charge is -2.34. The van der Waals surface area contributed by atoms with E-state index in [2.05, 4.69) is 36.2 Å². The largest absolute Gasteiger partial charge is 0.350 e. The molecule has 29 heavy (non-hydrogen) atoms. The highest BCUT2D eigenvalue weighted by Crippen LogP contribution is 2.23. The van der Waals surface area contributed by atoms with E-state index >= 15 is 0 Å². The molecule has 1 fully saturated rings. The Kier molecular flexibility index (Phi) is 6.16. The standard InChI is InChI=1S/C22H24N6O/c29-22(19-14-25-21(26-15-19)17-6-9-23-10-7-17)27-16-20(18-5-4-8-24-13-18)28-11-2-1-3-12-28/h4-10,13-15,20H,1-3,11-12,16H2,(H,27,29). The topological polar surface area (TPSA) is 83.9 Å². The average molecular weight is 388 g/mol. The number of amides is 1. The monoisotopic (exact) mass is 388 g/mol. The van der Waals surface area contributed by atoms with Crippen molar-refractivity contribution in [2.75, 3.05) is 19.6 Å². The quantitative estimate of drug-likeness (QED) is 0.699. The molecule has 1 aliphatic heterocycles. The summed E-state index contributed by atoms with van der Waals surface area (Å²) < 4.78 is 0. The van der Waals surface area contributed by atoms with Gasteiger partial charge in [0.15, 0.2) is 5.82 Å². The molecule has 0 radical (unpaired) electrons. The second-order valence-electron chi connectivity index (χ2n) is 7.14. The summed E-state index contributed by atoms with van der Waals surface area (Å²) in [7, 11) is 0. The molecule has 0 bridgehead atoms. The van der Waals surface area contributed by atoms with Crippen molar-refractivity contribution in [3.63, 3.8) is 0 Å². The van der Waals surface area contributed by atoms with Crippen molar-refractivity contribution in [2.24, 2.45) is 0 Å². The maximum atomic E-state index is 12.7. The second-order valence-corrected chi connectivity index (χ2v) is 7.14. The van der Waals surface area contributed by atoms with Crippen LogP contribution < -0.4 is 5.32 Å². The molecule has 1 amide bonds. The fourth-order valence-corrected chi connectivity index (χ4v) is 3.65. The van der Waals surface area contributed by atoms with Crippen LogP contribution in [0.25, 0.3) is 11.4 Å². The van der Waals surface area contributed by atoms with Gasteiger partial charge in [0, 0.05) is 49.3 Å². The Bertz CT molecular complexity index is 911. The van der Waals surface area contributed by atoms with Crippen LogP contribution in [-0.2, 0) is 0 Å². The van der Waals surface area contributed by atoms with Gasteiger partial charge in [0.1, 0.15) is 0 Å². The maximum Gasteiger partial charge on any atom is 0.254 e. The minimum Gasteiger partial charge on any atom is -0.350 e. The number of hydrogen-bond acceptors (Lipinski definition) is 6. The summed E-state index contributed by atoms with van der Waals surface area (Å²) in [6.07, 6.45) is 13.8. The summed E-state index contributed by atoms with van der Waals surface area (Å²) in [5, 5.41) is 3.06. The number of rotatable bonds is 6. The zero-order valence-corrected chi connectivity index (χ0v) is 16.2. The lowest BCUT2D eigenvalue weighted by atomic mass is 10.0. The molecule has 7 heteroatoms. The molecule has 7 nitrogen and oxygen atoms in total. The molecule has 0 spiro atoms. The average Bonchev–Trinajstić information content (AvgIpc) is 2.81. The number of likely N-dealkylation sites (tertiary alicyclic amines) is 1. The van der Waals surface area contributed by atoms with Crippen LogP contribution in [0.1, 0.15) is 41.2 Å². The third kappa shape index (κ3) is 4.81. The van der Waals surface area contributed by atoms with Crippen molar-refractivity contribution < 1.29 is 4.79 Å². The fraction of sp³-hybridized carbons (Fsp3) is 0.318. The number of nitrogens with zero attached hydrogens (tertiary/aromatic N) is 5. The molecule has 148 valence electrons. The lowest BCUT2D eigenvalue weighted by molar-refractivity contribution is 0.0923. The number of pyridine rings is 2. The van der Waals surface area contributed by atoms with Crippen molar-refractivity contribution in [2.45, 2.75) is 25.3 Å². The maximum absolute atomic E-state index is 12.7. The first-order valence-electron chi connectivity index (χ1n) is 9.96.